The zero-order chi connectivity index (χ0) is 28.5. The number of nitrogens with zero attached hydrogens (tertiary/aromatic N) is 3. The Hall–Kier alpha value is -2.68. The van der Waals surface area contributed by atoms with Crippen molar-refractivity contribution in [2.75, 3.05) is 38.1 Å². The summed E-state index contributed by atoms with van der Waals surface area (Å²) in [6, 6.07) is 16.9. The van der Waals surface area contributed by atoms with Crippen LogP contribution in [-0.4, -0.2) is 63.1 Å². The number of aromatic nitrogens is 2. The van der Waals surface area contributed by atoms with E-state index < -0.39 is 10.2 Å². The van der Waals surface area contributed by atoms with Gasteiger partial charge in [-0.25, -0.2) is 9.97 Å². The van der Waals surface area contributed by atoms with E-state index in [0.29, 0.717) is 30.8 Å². The third-order valence-corrected chi connectivity index (χ3v) is 6.42. The maximum Gasteiger partial charge on any atom is 0.300 e. The quantitative estimate of drug-likeness (QED) is 0.165. The number of aliphatic hydroxyl groups excluding tert-OH is 1. The molecule has 3 rings (SSSR count). The Balaban J connectivity index is 0.000000798. The molecule has 0 saturated heterocycles. The monoisotopic (exact) mass is 683 g/mol. The van der Waals surface area contributed by atoms with E-state index in [4.69, 9.17) is 14.6 Å². The van der Waals surface area contributed by atoms with Crippen LogP contribution in [0.25, 0.3) is 11.1 Å². The van der Waals surface area contributed by atoms with Gasteiger partial charge in [0.25, 0.3) is 10.2 Å². The van der Waals surface area contributed by atoms with Crippen molar-refractivity contribution < 1.29 is 23.0 Å². The molecule has 3 aromatic rings. The number of allylic oxidation sites excluding steroid dienone is 1. The van der Waals surface area contributed by atoms with Crippen LogP contribution < -0.4 is 14.2 Å². The van der Waals surface area contributed by atoms with E-state index >= 15 is 0 Å². The number of aliphatic hydroxyl groups is 1. The second kappa shape index (κ2) is 17.8. The highest BCUT2D eigenvalue weighted by Crippen LogP contribution is 2.34. The van der Waals surface area contributed by atoms with E-state index in [2.05, 4.69) is 62.8 Å². The van der Waals surface area contributed by atoms with Crippen molar-refractivity contribution >= 4 is 54.1 Å². The molecule has 1 heterocycles. The average Bonchev–Trinajstić information content (AvgIpc) is 2.91. The van der Waals surface area contributed by atoms with Gasteiger partial charge < -0.3 is 14.6 Å². The maximum absolute atomic E-state index is 12.6. The molecule has 0 aliphatic rings. The van der Waals surface area contributed by atoms with Crippen LogP contribution in [-0.2, 0) is 21.6 Å². The number of anilines is 1. The first-order valence-electron chi connectivity index (χ1n) is 11.8. The van der Waals surface area contributed by atoms with E-state index in [1.807, 2.05) is 42.5 Å². The summed E-state index contributed by atoms with van der Waals surface area (Å²) in [6.45, 7) is 4.38. The van der Waals surface area contributed by atoms with Gasteiger partial charge in [0.15, 0.2) is 5.82 Å². The van der Waals surface area contributed by atoms with Crippen molar-refractivity contribution in [1.29, 1.82) is 0 Å². The van der Waals surface area contributed by atoms with E-state index in [1.54, 1.807) is 25.4 Å². The van der Waals surface area contributed by atoms with E-state index in [0.717, 1.165) is 14.5 Å². The summed E-state index contributed by atoms with van der Waals surface area (Å²) in [4.78, 5) is 11.9. The highest BCUT2D eigenvalue weighted by Gasteiger charge is 2.19. The molecule has 2 aromatic carbocycles. The van der Waals surface area contributed by atoms with Crippen molar-refractivity contribution in [2.24, 2.45) is 4.99 Å². The number of ether oxygens (including phenoxy) is 2. The van der Waals surface area contributed by atoms with E-state index in [9.17, 15) is 8.42 Å². The summed E-state index contributed by atoms with van der Waals surface area (Å²) in [5.41, 5.74) is 2.08. The third kappa shape index (κ3) is 12.8. The topological polar surface area (TPSA) is 135 Å². The summed E-state index contributed by atoms with van der Waals surface area (Å²) in [5, 5.41) is 9.10. The van der Waals surface area contributed by atoms with Crippen molar-refractivity contribution in [3.8, 4) is 17.0 Å². The SMILES string of the molecule is C=C(Br)C=NC.O=S(=O)(NCCCOCc1ccccc1)Nc1ncnc(OCCO)c1-c1ccc(Br)cc1. The lowest BCUT2D eigenvalue weighted by atomic mass is 10.1. The molecule has 1 aromatic heterocycles. The number of hydrogen-bond acceptors (Lipinski definition) is 8. The highest BCUT2D eigenvalue weighted by molar-refractivity contribution is 9.12. The Morgan fingerprint density at radius 3 is 2.46 bits per heavy atom. The molecule has 13 heteroatoms. The summed E-state index contributed by atoms with van der Waals surface area (Å²) >= 11 is 6.47. The van der Waals surface area contributed by atoms with Gasteiger partial charge in [0.05, 0.1) is 18.8 Å². The zero-order valence-corrected chi connectivity index (χ0v) is 25.4. The van der Waals surface area contributed by atoms with Crippen molar-refractivity contribution in [2.45, 2.75) is 13.0 Å². The molecule has 0 radical (unpaired) electrons. The van der Waals surface area contributed by atoms with Gasteiger partial charge in [0.2, 0.25) is 5.88 Å². The molecule has 0 amide bonds. The summed E-state index contributed by atoms with van der Waals surface area (Å²) in [6.07, 6.45) is 3.34. The minimum atomic E-state index is -3.91. The van der Waals surface area contributed by atoms with Gasteiger partial charge in [-0.2, -0.15) is 13.1 Å². The third-order valence-electron chi connectivity index (χ3n) is 4.64. The van der Waals surface area contributed by atoms with Crippen LogP contribution in [0.2, 0.25) is 0 Å². The van der Waals surface area contributed by atoms with Crippen LogP contribution in [0.15, 0.2) is 81.5 Å². The summed E-state index contributed by atoms with van der Waals surface area (Å²) in [7, 11) is -2.21. The molecule has 0 saturated carbocycles. The first kappa shape index (κ1) is 32.5. The van der Waals surface area contributed by atoms with Gasteiger partial charge in [-0.1, -0.05) is 65.0 Å². The molecule has 0 spiro atoms. The number of aliphatic imine (C=N–C) groups is 1. The van der Waals surface area contributed by atoms with Gasteiger partial charge in [-0.3, -0.25) is 9.71 Å². The predicted octanol–water partition coefficient (Wildman–Crippen LogP) is 4.73. The van der Waals surface area contributed by atoms with Crippen LogP contribution >= 0.6 is 31.9 Å². The normalized spacial score (nSPS) is 11.1. The number of benzene rings is 2. The number of hydrogen-bond donors (Lipinski definition) is 3. The van der Waals surface area contributed by atoms with Crippen LogP contribution in [0.3, 0.4) is 0 Å². The van der Waals surface area contributed by atoms with Crippen LogP contribution in [0.4, 0.5) is 5.82 Å². The van der Waals surface area contributed by atoms with Gasteiger partial charge >= 0.3 is 0 Å². The molecular weight excluding hydrogens is 654 g/mol. The second-order valence-corrected chi connectivity index (χ2v) is 11.1. The van der Waals surface area contributed by atoms with Gasteiger partial charge in [-0.05, 0) is 45.6 Å². The fraction of sp³-hybridized carbons (Fsp3) is 0.269. The number of nitrogens with one attached hydrogen (secondary N) is 2. The number of rotatable bonds is 14. The zero-order valence-electron chi connectivity index (χ0n) is 21.4. The van der Waals surface area contributed by atoms with Crippen molar-refractivity contribution in [3.05, 3.63) is 82.0 Å². The molecule has 0 unspecified atom stereocenters. The second-order valence-electron chi connectivity index (χ2n) is 7.71. The largest absolute Gasteiger partial charge is 0.475 e. The predicted molar refractivity (Wildman–Crippen MR) is 161 cm³/mol. The van der Waals surface area contributed by atoms with Gasteiger partial charge in [0, 0.05) is 35.4 Å². The van der Waals surface area contributed by atoms with Crippen molar-refractivity contribution in [1.82, 2.24) is 14.7 Å². The lowest BCUT2D eigenvalue weighted by molar-refractivity contribution is 0.119. The molecule has 10 nitrogen and oxygen atoms in total. The Kier molecular flexibility index (Phi) is 14.9. The molecule has 0 aliphatic carbocycles. The maximum atomic E-state index is 12.6. The molecule has 0 fully saturated rings. The van der Waals surface area contributed by atoms with Crippen molar-refractivity contribution in [3.63, 3.8) is 0 Å². The Labute approximate surface area is 246 Å². The van der Waals surface area contributed by atoms with Crippen LogP contribution in [0, 0.1) is 0 Å². The fourth-order valence-electron chi connectivity index (χ4n) is 3.02. The minimum Gasteiger partial charge on any atom is -0.475 e. The molecular formula is C26H31Br2N5O5S. The average molecular weight is 685 g/mol. The minimum absolute atomic E-state index is 0.00790. The van der Waals surface area contributed by atoms with Crippen LogP contribution in [0.1, 0.15) is 12.0 Å². The lowest BCUT2D eigenvalue weighted by Gasteiger charge is -2.15. The van der Waals surface area contributed by atoms with Gasteiger partial charge in [-0.15, -0.1) is 0 Å². The molecule has 210 valence electrons. The van der Waals surface area contributed by atoms with Gasteiger partial charge in [0.1, 0.15) is 12.9 Å². The van der Waals surface area contributed by atoms with E-state index in [-0.39, 0.29) is 31.5 Å². The molecule has 0 bridgehead atoms. The molecule has 39 heavy (non-hydrogen) atoms. The summed E-state index contributed by atoms with van der Waals surface area (Å²) in [5.74, 6) is 0.224. The standard InChI is InChI=1S/C22H25BrN4O5S.C4H6BrN/c23-19-9-7-18(8-10-19)20-21(24-16-25-22(20)32-14-12-28)27-33(29,30)26-11-4-13-31-15-17-5-2-1-3-6-17;1-4(5)3-6-2/h1-3,5-10,16,26,28H,4,11-15H2,(H,24,25,27);3H,1H2,2H3. The Morgan fingerprint density at radius 2 is 1.85 bits per heavy atom. The van der Waals surface area contributed by atoms with Crippen LogP contribution in [0.5, 0.6) is 5.88 Å². The smallest absolute Gasteiger partial charge is 0.300 e. The summed E-state index contributed by atoms with van der Waals surface area (Å²) < 4.78 is 42.9. The first-order valence-corrected chi connectivity index (χ1v) is 14.8. The molecule has 0 aliphatic heterocycles. The fourth-order valence-corrected chi connectivity index (χ4v) is 4.39. The Morgan fingerprint density at radius 1 is 1.13 bits per heavy atom. The lowest BCUT2D eigenvalue weighted by Crippen LogP contribution is -2.32. The van der Waals surface area contributed by atoms with E-state index in [1.165, 1.54) is 6.33 Å². The number of halogens is 2. The molecule has 3 N–H and O–H groups in total. The first-order chi connectivity index (χ1) is 18.8. The highest BCUT2D eigenvalue weighted by atomic mass is 79.9. The Bertz CT molecular complexity index is 1290. The molecule has 0 atom stereocenters.